The van der Waals surface area contributed by atoms with E-state index in [0.717, 1.165) is 11.2 Å². The van der Waals surface area contributed by atoms with Gasteiger partial charge in [-0.1, -0.05) is 0 Å². The Morgan fingerprint density at radius 3 is 3.13 bits per heavy atom. The predicted molar refractivity (Wildman–Crippen MR) is 54.9 cm³/mol. The summed E-state index contributed by atoms with van der Waals surface area (Å²) in [6.45, 7) is 1.66. The number of carboxylic acids is 1. The van der Waals surface area contributed by atoms with Crippen LogP contribution in [0.15, 0.2) is 22.6 Å². The van der Waals surface area contributed by atoms with Crippen LogP contribution in [0.25, 0.3) is 11.1 Å². The van der Waals surface area contributed by atoms with Crippen molar-refractivity contribution in [3.8, 4) is 0 Å². The summed E-state index contributed by atoms with van der Waals surface area (Å²) in [6, 6.07) is 5.28. The van der Waals surface area contributed by atoms with E-state index in [0.29, 0.717) is 11.5 Å². The Labute approximate surface area is 85.7 Å². The number of aliphatic carboxylic acids is 1. The van der Waals surface area contributed by atoms with Gasteiger partial charge in [-0.05, 0) is 18.2 Å². The van der Waals surface area contributed by atoms with Crippen LogP contribution >= 0.6 is 0 Å². The molecule has 1 aromatic heterocycles. The van der Waals surface area contributed by atoms with Gasteiger partial charge in [0.25, 0.3) is 0 Å². The third-order valence-corrected chi connectivity index (χ3v) is 1.94. The molecular formula is C10H10N2O3. The number of nitrogens with zero attached hydrogens (tertiary/aromatic N) is 1. The van der Waals surface area contributed by atoms with Crippen molar-refractivity contribution >= 4 is 22.8 Å². The largest absolute Gasteiger partial charge is 0.480 e. The minimum absolute atomic E-state index is 0.109. The molecule has 0 saturated heterocycles. The van der Waals surface area contributed by atoms with Gasteiger partial charge >= 0.3 is 5.97 Å². The molecule has 0 fully saturated rings. The van der Waals surface area contributed by atoms with Crippen molar-refractivity contribution < 1.29 is 14.3 Å². The van der Waals surface area contributed by atoms with Crippen LogP contribution in [0.1, 0.15) is 5.89 Å². The number of fused-ring (bicyclic) bond motifs is 1. The van der Waals surface area contributed by atoms with E-state index in [4.69, 9.17) is 9.52 Å². The lowest BCUT2D eigenvalue weighted by Gasteiger charge is -2.01. The van der Waals surface area contributed by atoms with Gasteiger partial charge in [0.15, 0.2) is 11.5 Å². The van der Waals surface area contributed by atoms with E-state index in [1.807, 2.05) is 0 Å². The van der Waals surface area contributed by atoms with Gasteiger partial charge in [0.05, 0.1) is 0 Å². The number of hydrogen-bond donors (Lipinski definition) is 2. The van der Waals surface area contributed by atoms with Gasteiger partial charge < -0.3 is 14.8 Å². The Bertz CT molecular complexity index is 504. The van der Waals surface area contributed by atoms with Crippen LogP contribution in [0.3, 0.4) is 0 Å². The highest BCUT2D eigenvalue weighted by Crippen LogP contribution is 2.19. The molecule has 0 radical (unpaired) electrons. The zero-order chi connectivity index (χ0) is 10.8. The Morgan fingerprint density at radius 2 is 2.40 bits per heavy atom. The summed E-state index contributed by atoms with van der Waals surface area (Å²) in [7, 11) is 0. The van der Waals surface area contributed by atoms with Crippen LogP contribution in [0.2, 0.25) is 0 Å². The van der Waals surface area contributed by atoms with E-state index in [1.54, 1.807) is 25.1 Å². The van der Waals surface area contributed by atoms with Gasteiger partial charge in [0, 0.05) is 12.6 Å². The molecule has 78 valence electrons. The molecular weight excluding hydrogens is 196 g/mol. The molecule has 1 heterocycles. The van der Waals surface area contributed by atoms with Crippen molar-refractivity contribution in [2.75, 3.05) is 11.9 Å². The summed E-state index contributed by atoms with van der Waals surface area (Å²) < 4.78 is 5.29. The zero-order valence-electron chi connectivity index (χ0n) is 8.15. The summed E-state index contributed by atoms with van der Waals surface area (Å²) >= 11 is 0. The van der Waals surface area contributed by atoms with E-state index >= 15 is 0 Å². The first-order chi connectivity index (χ1) is 7.15. The lowest BCUT2D eigenvalue weighted by molar-refractivity contribution is -0.134. The Hall–Kier alpha value is -2.04. The quantitative estimate of drug-likeness (QED) is 0.798. The van der Waals surface area contributed by atoms with Crippen molar-refractivity contribution in [2.24, 2.45) is 0 Å². The lowest BCUT2D eigenvalue weighted by atomic mass is 10.3. The molecule has 2 rings (SSSR count). The molecule has 2 N–H and O–H groups in total. The second kappa shape index (κ2) is 3.61. The summed E-state index contributed by atoms with van der Waals surface area (Å²) in [4.78, 5) is 14.5. The zero-order valence-corrected chi connectivity index (χ0v) is 8.15. The third kappa shape index (κ3) is 2.07. The standard InChI is InChI=1S/C10H10N2O3/c1-6-12-8-4-7(11-5-10(13)14)2-3-9(8)15-6/h2-4,11H,5H2,1H3,(H,13,14). The number of anilines is 1. The molecule has 0 bridgehead atoms. The second-order valence-electron chi connectivity index (χ2n) is 3.16. The molecule has 0 atom stereocenters. The highest BCUT2D eigenvalue weighted by Gasteiger charge is 2.03. The van der Waals surface area contributed by atoms with Crippen molar-refractivity contribution in [1.29, 1.82) is 0 Å². The van der Waals surface area contributed by atoms with Gasteiger partial charge in [-0.2, -0.15) is 0 Å². The highest BCUT2D eigenvalue weighted by molar-refractivity contribution is 5.79. The van der Waals surface area contributed by atoms with Gasteiger partial charge in [-0.3, -0.25) is 4.79 Å². The average molecular weight is 206 g/mol. The third-order valence-electron chi connectivity index (χ3n) is 1.94. The highest BCUT2D eigenvalue weighted by atomic mass is 16.4. The number of hydrogen-bond acceptors (Lipinski definition) is 4. The minimum atomic E-state index is -0.897. The fourth-order valence-electron chi connectivity index (χ4n) is 1.33. The smallest absolute Gasteiger partial charge is 0.322 e. The minimum Gasteiger partial charge on any atom is -0.480 e. The summed E-state index contributed by atoms with van der Waals surface area (Å²) in [5.41, 5.74) is 2.15. The van der Waals surface area contributed by atoms with E-state index in [-0.39, 0.29) is 6.54 Å². The second-order valence-corrected chi connectivity index (χ2v) is 3.16. The lowest BCUT2D eigenvalue weighted by Crippen LogP contribution is -2.11. The van der Waals surface area contributed by atoms with Gasteiger partial charge in [0.1, 0.15) is 12.1 Å². The average Bonchev–Trinajstić information content (AvgIpc) is 2.53. The first kappa shape index (κ1) is 9.51. The maximum absolute atomic E-state index is 10.3. The molecule has 0 unspecified atom stereocenters. The first-order valence-corrected chi connectivity index (χ1v) is 4.48. The van der Waals surface area contributed by atoms with E-state index in [2.05, 4.69) is 10.3 Å². The summed E-state index contributed by atoms with van der Waals surface area (Å²) in [5, 5.41) is 11.3. The van der Waals surface area contributed by atoms with Crippen LogP contribution in [-0.2, 0) is 4.79 Å². The van der Waals surface area contributed by atoms with Crippen LogP contribution in [0.5, 0.6) is 0 Å². The molecule has 15 heavy (non-hydrogen) atoms. The molecule has 0 aliphatic carbocycles. The number of nitrogens with one attached hydrogen (secondary N) is 1. The van der Waals surface area contributed by atoms with Gasteiger partial charge in [0.2, 0.25) is 0 Å². The molecule has 0 saturated carbocycles. The Balaban J connectivity index is 2.26. The molecule has 0 amide bonds. The van der Waals surface area contributed by atoms with Crippen LogP contribution in [0.4, 0.5) is 5.69 Å². The molecule has 0 spiro atoms. The van der Waals surface area contributed by atoms with Crippen molar-refractivity contribution in [3.63, 3.8) is 0 Å². The van der Waals surface area contributed by atoms with Gasteiger partial charge in [-0.15, -0.1) is 0 Å². The van der Waals surface area contributed by atoms with Crippen molar-refractivity contribution in [3.05, 3.63) is 24.1 Å². The number of carboxylic acid groups (broad SMARTS) is 1. The predicted octanol–water partition coefficient (Wildman–Crippen LogP) is 1.63. The van der Waals surface area contributed by atoms with E-state index in [1.165, 1.54) is 0 Å². The number of carbonyl (C=O) groups is 1. The fraction of sp³-hybridized carbons (Fsp3) is 0.200. The van der Waals surface area contributed by atoms with Crippen LogP contribution in [0, 0.1) is 6.92 Å². The monoisotopic (exact) mass is 206 g/mol. The van der Waals surface area contributed by atoms with E-state index < -0.39 is 5.97 Å². The molecule has 2 aromatic rings. The molecule has 0 aliphatic heterocycles. The molecule has 5 nitrogen and oxygen atoms in total. The van der Waals surface area contributed by atoms with E-state index in [9.17, 15) is 4.79 Å². The van der Waals surface area contributed by atoms with Crippen molar-refractivity contribution in [2.45, 2.75) is 6.92 Å². The number of oxazole rings is 1. The van der Waals surface area contributed by atoms with Crippen molar-refractivity contribution in [1.82, 2.24) is 4.98 Å². The normalized spacial score (nSPS) is 10.5. The van der Waals surface area contributed by atoms with Crippen LogP contribution in [-0.4, -0.2) is 22.6 Å². The molecule has 0 aliphatic rings. The number of rotatable bonds is 3. The summed E-state index contributed by atoms with van der Waals surface area (Å²) in [5.74, 6) is -0.299. The topological polar surface area (TPSA) is 75.4 Å². The van der Waals surface area contributed by atoms with Gasteiger partial charge in [-0.25, -0.2) is 4.98 Å². The first-order valence-electron chi connectivity index (χ1n) is 4.48. The maximum atomic E-state index is 10.3. The SMILES string of the molecule is Cc1nc2cc(NCC(=O)O)ccc2o1. The number of aryl methyl sites for hydroxylation is 1. The fourth-order valence-corrected chi connectivity index (χ4v) is 1.33. The molecule has 1 aromatic carbocycles. The summed E-state index contributed by atoms with van der Waals surface area (Å²) in [6.07, 6.45) is 0. The number of benzene rings is 1. The maximum Gasteiger partial charge on any atom is 0.322 e. The molecule has 5 heteroatoms. The Kier molecular flexibility index (Phi) is 2.29. The number of aromatic nitrogens is 1. The Morgan fingerprint density at radius 1 is 1.60 bits per heavy atom. The van der Waals surface area contributed by atoms with Crippen LogP contribution < -0.4 is 5.32 Å².